The maximum absolute atomic E-state index is 8.75. The minimum Gasteiger partial charge on any atom is -0.497 e. The second-order valence-electron chi connectivity index (χ2n) is 3.98. The van der Waals surface area contributed by atoms with Crippen LogP contribution in [0.3, 0.4) is 0 Å². The van der Waals surface area contributed by atoms with Crippen molar-refractivity contribution in [2.75, 3.05) is 7.11 Å². The second-order valence-corrected chi connectivity index (χ2v) is 3.98. The van der Waals surface area contributed by atoms with Crippen LogP contribution in [-0.2, 0) is 0 Å². The first kappa shape index (κ1) is 12.3. The molecule has 1 atom stereocenters. The van der Waals surface area contributed by atoms with Gasteiger partial charge in [0.05, 0.1) is 26.6 Å². The van der Waals surface area contributed by atoms with Crippen LogP contribution in [0, 0.1) is 11.3 Å². The van der Waals surface area contributed by atoms with Gasteiger partial charge in [0.2, 0.25) is 0 Å². The summed E-state index contributed by atoms with van der Waals surface area (Å²) < 4.78 is 5.11. The molecule has 2 radical (unpaired) electrons. The Morgan fingerprint density at radius 2 is 1.50 bits per heavy atom. The van der Waals surface area contributed by atoms with Crippen molar-refractivity contribution in [1.29, 1.82) is 5.26 Å². The first-order valence-electron chi connectivity index (χ1n) is 5.64. The van der Waals surface area contributed by atoms with Gasteiger partial charge < -0.3 is 4.74 Å². The molecule has 0 saturated heterocycles. The lowest BCUT2D eigenvalue weighted by Gasteiger charge is -2.13. The SMILES string of the molecule is [B]C(c1ccc(C#N)cc1)c1ccc(OC)cc1. The number of rotatable bonds is 3. The number of benzene rings is 2. The van der Waals surface area contributed by atoms with Gasteiger partial charge in [0, 0.05) is 0 Å². The van der Waals surface area contributed by atoms with Gasteiger partial charge in [-0.25, -0.2) is 0 Å². The van der Waals surface area contributed by atoms with Crippen molar-refractivity contribution in [3.8, 4) is 11.8 Å². The molecule has 3 heteroatoms. The standard InChI is InChI=1S/C15H12BNO/c1-18-14-8-6-13(7-9-14)15(16)12-4-2-11(10-17)3-5-12/h2-9,15H,1H3. The maximum atomic E-state index is 8.75. The van der Waals surface area contributed by atoms with E-state index in [9.17, 15) is 0 Å². The summed E-state index contributed by atoms with van der Waals surface area (Å²) in [5.74, 6) is 0.620. The van der Waals surface area contributed by atoms with Crippen molar-refractivity contribution < 1.29 is 4.74 Å². The first-order valence-corrected chi connectivity index (χ1v) is 5.64. The van der Waals surface area contributed by atoms with Crippen LogP contribution in [0.4, 0.5) is 0 Å². The Morgan fingerprint density at radius 3 is 1.94 bits per heavy atom. The average molecular weight is 233 g/mol. The van der Waals surface area contributed by atoms with Crippen molar-refractivity contribution in [1.82, 2.24) is 0 Å². The summed E-state index contributed by atoms with van der Waals surface area (Å²) in [6, 6.07) is 17.1. The van der Waals surface area contributed by atoms with Crippen LogP contribution in [-0.4, -0.2) is 15.0 Å². The van der Waals surface area contributed by atoms with Gasteiger partial charge in [0.1, 0.15) is 5.75 Å². The first-order chi connectivity index (χ1) is 8.74. The third-order valence-corrected chi connectivity index (χ3v) is 2.87. The van der Waals surface area contributed by atoms with Gasteiger partial charge in [0.25, 0.3) is 0 Å². The van der Waals surface area contributed by atoms with Gasteiger partial charge in [-0.3, -0.25) is 0 Å². The van der Waals surface area contributed by atoms with E-state index in [0.717, 1.165) is 16.9 Å². The van der Waals surface area contributed by atoms with E-state index in [1.165, 1.54) is 0 Å². The summed E-state index contributed by atoms with van der Waals surface area (Å²) in [6.07, 6.45) is 0. The molecule has 0 aliphatic heterocycles. The van der Waals surface area contributed by atoms with Gasteiger partial charge in [0.15, 0.2) is 0 Å². The van der Waals surface area contributed by atoms with Crippen LogP contribution < -0.4 is 4.74 Å². The molecular formula is C15H12BNO. The third-order valence-electron chi connectivity index (χ3n) is 2.87. The fourth-order valence-electron chi connectivity index (χ4n) is 1.77. The quantitative estimate of drug-likeness (QED) is 0.763. The van der Waals surface area contributed by atoms with Crippen molar-refractivity contribution in [2.45, 2.75) is 5.82 Å². The van der Waals surface area contributed by atoms with Crippen molar-refractivity contribution in [3.05, 3.63) is 65.2 Å². The van der Waals surface area contributed by atoms with Crippen LogP contribution in [0.15, 0.2) is 48.5 Å². The Hall–Kier alpha value is -2.21. The number of ether oxygens (including phenoxy) is 1. The lowest BCUT2D eigenvalue weighted by Crippen LogP contribution is -2.00. The van der Waals surface area contributed by atoms with Gasteiger partial charge in [-0.1, -0.05) is 24.3 Å². The number of methoxy groups -OCH3 is 1. The molecule has 0 amide bonds. The summed E-state index contributed by atoms with van der Waals surface area (Å²) in [6.45, 7) is 0. The highest BCUT2D eigenvalue weighted by molar-refractivity contribution is 6.14. The Balaban J connectivity index is 2.23. The van der Waals surface area contributed by atoms with Gasteiger partial charge >= 0.3 is 0 Å². The summed E-state index contributed by atoms with van der Waals surface area (Å²) in [4.78, 5) is 0. The molecule has 0 heterocycles. The molecule has 0 saturated carbocycles. The lowest BCUT2D eigenvalue weighted by atomic mass is 9.76. The van der Waals surface area contributed by atoms with E-state index in [4.69, 9.17) is 17.8 Å². The zero-order chi connectivity index (χ0) is 13.0. The molecule has 0 fully saturated rings. The highest BCUT2D eigenvalue weighted by Gasteiger charge is 2.07. The minimum absolute atomic E-state index is 0.191. The molecule has 0 spiro atoms. The minimum atomic E-state index is -0.191. The van der Waals surface area contributed by atoms with Gasteiger partial charge in [-0.15, -0.1) is 0 Å². The van der Waals surface area contributed by atoms with Crippen molar-refractivity contribution >= 4 is 7.85 Å². The number of nitriles is 1. The molecule has 1 unspecified atom stereocenters. The van der Waals surface area contributed by atoms with Gasteiger partial charge in [-0.05, 0) is 41.2 Å². The summed E-state index contributed by atoms with van der Waals surface area (Å²) in [7, 11) is 7.81. The molecule has 0 N–H and O–H groups in total. The molecule has 18 heavy (non-hydrogen) atoms. The Bertz CT molecular complexity index is 555. The summed E-state index contributed by atoms with van der Waals surface area (Å²) >= 11 is 0. The molecule has 86 valence electrons. The normalized spacial score (nSPS) is 11.6. The van der Waals surface area contributed by atoms with E-state index >= 15 is 0 Å². The molecule has 0 bridgehead atoms. The van der Waals surface area contributed by atoms with Crippen molar-refractivity contribution in [3.63, 3.8) is 0 Å². The van der Waals surface area contributed by atoms with E-state index in [0.29, 0.717) is 5.56 Å². The lowest BCUT2D eigenvalue weighted by molar-refractivity contribution is 0.414. The van der Waals surface area contributed by atoms with Crippen molar-refractivity contribution in [2.24, 2.45) is 0 Å². The molecule has 2 aromatic carbocycles. The van der Waals surface area contributed by atoms with Crippen LogP contribution in [0.25, 0.3) is 0 Å². The number of hydrogen-bond acceptors (Lipinski definition) is 2. The Morgan fingerprint density at radius 1 is 1.00 bits per heavy atom. The number of hydrogen-bond donors (Lipinski definition) is 0. The topological polar surface area (TPSA) is 33.0 Å². The smallest absolute Gasteiger partial charge is 0.118 e. The van der Waals surface area contributed by atoms with E-state index in [1.807, 2.05) is 36.4 Å². The van der Waals surface area contributed by atoms with Crippen LogP contribution in [0.5, 0.6) is 5.75 Å². The second kappa shape index (κ2) is 5.42. The van der Waals surface area contributed by atoms with E-state index in [1.54, 1.807) is 19.2 Å². The monoisotopic (exact) mass is 233 g/mol. The number of nitrogens with zero attached hydrogens (tertiary/aromatic N) is 1. The maximum Gasteiger partial charge on any atom is 0.118 e. The fourth-order valence-corrected chi connectivity index (χ4v) is 1.77. The van der Waals surface area contributed by atoms with E-state index in [2.05, 4.69) is 6.07 Å². The highest BCUT2D eigenvalue weighted by Crippen LogP contribution is 2.23. The van der Waals surface area contributed by atoms with Gasteiger partial charge in [-0.2, -0.15) is 5.26 Å². The molecule has 2 nitrogen and oxygen atoms in total. The highest BCUT2D eigenvalue weighted by atomic mass is 16.5. The zero-order valence-corrected chi connectivity index (χ0v) is 10.1. The predicted molar refractivity (Wildman–Crippen MR) is 71.7 cm³/mol. The molecule has 0 aliphatic rings. The Labute approximate surface area is 108 Å². The molecule has 2 rings (SSSR count). The fraction of sp³-hybridized carbons (Fsp3) is 0.133. The van der Waals surface area contributed by atoms with Crippen LogP contribution in [0.2, 0.25) is 0 Å². The molecule has 0 aliphatic carbocycles. The molecular weight excluding hydrogens is 221 g/mol. The summed E-state index contributed by atoms with van der Waals surface area (Å²) in [5.41, 5.74) is 2.64. The zero-order valence-electron chi connectivity index (χ0n) is 10.1. The Kier molecular flexibility index (Phi) is 3.69. The largest absolute Gasteiger partial charge is 0.497 e. The molecule has 0 aromatic heterocycles. The van der Waals surface area contributed by atoms with Crippen LogP contribution in [0.1, 0.15) is 22.5 Å². The predicted octanol–water partition coefficient (Wildman–Crippen LogP) is 2.82. The van der Waals surface area contributed by atoms with Crippen LogP contribution >= 0.6 is 0 Å². The third kappa shape index (κ3) is 2.54. The van der Waals surface area contributed by atoms with E-state index in [-0.39, 0.29) is 5.82 Å². The molecule has 2 aromatic rings. The summed E-state index contributed by atoms with van der Waals surface area (Å²) in [5, 5.41) is 8.75. The van der Waals surface area contributed by atoms with E-state index < -0.39 is 0 Å². The average Bonchev–Trinajstić information content (AvgIpc) is 2.47.